The summed E-state index contributed by atoms with van der Waals surface area (Å²) in [4.78, 5) is 18.0. The Kier molecular flexibility index (Phi) is 6.93. The predicted molar refractivity (Wildman–Crippen MR) is 135 cm³/mol. The average Bonchev–Trinajstić information content (AvgIpc) is 3.25. The highest BCUT2D eigenvalue weighted by Gasteiger charge is 2.33. The largest absolute Gasteiger partial charge is 0.379 e. The zero-order valence-corrected chi connectivity index (χ0v) is 20.7. The summed E-state index contributed by atoms with van der Waals surface area (Å²) < 4.78 is 26.8. The molecule has 0 aliphatic carbocycles. The molecule has 2 fully saturated rings. The molecule has 1 aromatic carbocycles. The van der Waals surface area contributed by atoms with Crippen LogP contribution in [0.5, 0.6) is 0 Å². The molecule has 0 unspecified atom stereocenters. The summed E-state index contributed by atoms with van der Waals surface area (Å²) in [6.07, 6.45) is 1.94. The van der Waals surface area contributed by atoms with Crippen LogP contribution < -0.4 is 0 Å². The number of aromatic nitrogens is 2. The van der Waals surface area contributed by atoms with Gasteiger partial charge in [-0.2, -0.15) is 5.10 Å². The quantitative estimate of drug-likeness (QED) is 0.581. The number of rotatable bonds is 7. The first kappa shape index (κ1) is 24.0. The lowest BCUT2D eigenvalue weighted by Gasteiger charge is -2.38. The molecule has 0 saturated carbocycles. The summed E-state index contributed by atoms with van der Waals surface area (Å²) in [5.41, 5.74) is 4.48. The summed E-state index contributed by atoms with van der Waals surface area (Å²) in [7, 11) is 1.74. The Morgan fingerprint density at radius 2 is 2.00 bits per heavy atom. The topological polar surface area (TPSA) is 59.8 Å². The maximum Gasteiger partial charge on any atom is 0.274 e. The Hall–Kier alpha value is -2.72. The fourth-order valence-electron chi connectivity index (χ4n) is 4.68. The van der Waals surface area contributed by atoms with E-state index in [1.165, 1.54) is 17.3 Å². The first-order chi connectivity index (χ1) is 17.0. The monoisotopic (exact) mass is 496 g/mol. The minimum atomic E-state index is -0.511. The molecule has 7 nitrogen and oxygen atoms in total. The van der Waals surface area contributed by atoms with Crippen molar-refractivity contribution in [3.63, 3.8) is 0 Å². The van der Waals surface area contributed by atoms with Gasteiger partial charge in [0.2, 0.25) is 0 Å². The Bertz CT molecular complexity index is 1180. The van der Waals surface area contributed by atoms with Crippen molar-refractivity contribution in [3.05, 3.63) is 76.7 Å². The van der Waals surface area contributed by atoms with E-state index in [-0.39, 0.29) is 5.91 Å². The van der Waals surface area contributed by atoms with Crippen LogP contribution in [0.15, 0.2) is 54.2 Å². The molecule has 4 heterocycles. The number of amides is 1. The van der Waals surface area contributed by atoms with Crippen LogP contribution in [0.4, 0.5) is 4.39 Å². The van der Waals surface area contributed by atoms with Crippen molar-refractivity contribution in [2.24, 2.45) is 0 Å². The van der Waals surface area contributed by atoms with Crippen molar-refractivity contribution >= 4 is 23.2 Å². The lowest BCUT2D eigenvalue weighted by atomic mass is 10.0. The number of fused-ring (bicyclic) bond motifs is 1. The van der Waals surface area contributed by atoms with Gasteiger partial charge in [-0.05, 0) is 17.7 Å². The minimum absolute atomic E-state index is 0.128. The summed E-state index contributed by atoms with van der Waals surface area (Å²) in [6, 6.07) is 8.12. The molecule has 1 amide bonds. The SMILES string of the molecule is C=CC1=C(C(=C)F)SCc2c(C(=O)N3CCOCC3)nn(-c3ccc(CN4CC(OC)C4)cc3)c21. The lowest BCUT2D eigenvalue weighted by Crippen LogP contribution is -2.50. The molecule has 2 aromatic rings. The Morgan fingerprint density at radius 3 is 2.63 bits per heavy atom. The van der Waals surface area contributed by atoms with Crippen molar-refractivity contribution in [1.82, 2.24) is 19.6 Å². The van der Waals surface area contributed by atoms with Crippen LogP contribution in [0.2, 0.25) is 0 Å². The van der Waals surface area contributed by atoms with Crippen molar-refractivity contribution in [3.8, 4) is 5.69 Å². The molecule has 1 aromatic heterocycles. The maximum absolute atomic E-state index is 14.3. The molecule has 35 heavy (non-hydrogen) atoms. The van der Waals surface area contributed by atoms with Gasteiger partial charge in [0.05, 0.1) is 35.6 Å². The lowest BCUT2D eigenvalue weighted by molar-refractivity contribution is -0.0333. The van der Waals surface area contributed by atoms with Gasteiger partial charge in [0, 0.05) is 56.7 Å². The third kappa shape index (κ3) is 4.61. The summed E-state index contributed by atoms with van der Waals surface area (Å²) in [5, 5.41) is 4.78. The van der Waals surface area contributed by atoms with Crippen molar-refractivity contribution < 1.29 is 18.7 Å². The van der Waals surface area contributed by atoms with E-state index in [0.717, 1.165) is 30.9 Å². The van der Waals surface area contributed by atoms with Gasteiger partial charge in [-0.1, -0.05) is 31.4 Å². The third-order valence-electron chi connectivity index (χ3n) is 6.64. The summed E-state index contributed by atoms with van der Waals surface area (Å²) in [6.45, 7) is 12.2. The minimum Gasteiger partial charge on any atom is -0.379 e. The number of carbonyl (C=O) groups is 1. The van der Waals surface area contributed by atoms with Gasteiger partial charge >= 0.3 is 0 Å². The summed E-state index contributed by atoms with van der Waals surface area (Å²) in [5.74, 6) is -0.204. The molecule has 0 radical (unpaired) electrons. The molecular weight excluding hydrogens is 467 g/mol. The van der Waals surface area contributed by atoms with Gasteiger partial charge in [0.1, 0.15) is 5.83 Å². The number of hydrogen-bond acceptors (Lipinski definition) is 6. The molecular formula is C26H29FN4O3S. The van der Waals surface area contributed by atoms with Gasteiger partial charge in [-0.3, -0.25) is 9.69 Å². The second kappa shape index (κ2) is 10.1. The molecule has 9 heteroatoms. The first-order valence-corrected chi connectivity index (χ1v) is 12.7. The van der Waals surface area contributed by atoms with Crippen LogP contribution in [0.25, 0.3) is 11.3 Å². The van der Waals surface area contributed by atoms with Crippen LogP contribution in [0.1, 0.15) is 27.3 Å². The Labute approximate surface area is 208 Å². The molecule has 184 valence electrons. The van der Waals surface area contributed by atoms with Crippen molar-refractivity contribution in [1.29, 1.82) is 0 Å². The number of hydrogen-bond donors (Lipinski definition) is 0. The van der Waals surface area contributed by atoms with Gasteiger partial charge in [0.25, 0.3) is 5.91 Å². The van der Waals surface area contributed by atoms with Crippen LogP contribution in [0.3, 0.4) is 0 Å². The van der Waals surface area contributed by atoms with E-state index < -0.39 is 5.83 Å². The predicted octanol–water partition coefficient (Wildman–Crippen LogP) is 3.80. The molecule has 3 aliphatic heterocycles. The van der Waals surface area contributed by atoms with E-state index in [4.69, 9.17) is 14.6 Å². The molecule has 3 aliphatic rings. The molecule has 2 saturated heterocycles. The van der Waals surface area contributed by atoms with Gasteiger partial charge in [-0.15, -0.1) is 11.8 Å². The van der Waals surface area contributed by atoms with Crippen LogP contribution >= 0.6 is 11.8 Å². The number of morpholine rings is 1. The number of ether oxygens (including phenoxy) is 2. The van der Waals surface area contributed by atoms with Gasteiger partial charge in [-0.25, -0.2) is 9.07 Å². The summed E-state index contributed by atoms with van der Waals surface area (Å²) >= 11 is 1.32. The first-order valence-electron chi connectivity index (χ1n) is 11.7. The van der Waals surface area contributed by atoms with E-state index in [1.807, 2.05) is 12.1 Å². The number of halogens is 1. The Balaban J connectivity index is 1.52. The highest BCUT2D eigenvalue weighted by atomic mass is 32.2. The number of thioether (sulfide) groups is 1. The second-order valence-electron chi connectivity index (χ2n) is 8.85. The number of allylic oxidation sites excluding steroid dienone is 3. The van der Waals surface area contributed by atoms with E-state index in [9.17, 15) is 9.18 Å². The number of methoxy groups -OCH3 is 1. The molecule has 5 rings (SSSR count). The fraction of sp³-hybridized carbons (Fsp3) is 0.385. The average molecular weight is 497 g/mol. The van der Waals surface area contributed by atoms with Crippen LogP contribution in [0, 0.1) is 0 Å². The fourth-order valence-corrected chi connectivity index (χ4v) is 5.74. The van der Waals surface area contributed by atoms with Gasteiger partial charge in [0.15, 0.2) is 5.69 Å². The van der Waals surface area contributed by atoms with E-state index in [1.54, 1.807) is 22.8 Å². The van der Waals surface area contributed by atoms with E-state index >= 15 is 0 Å². The van der Waals surface area contributed by atoms with E-state index in [0.29, 0.717) is 60.0 Å². The number of carbonyl (C=O) groups excluding carboxylic acids is 1. The third-order valence-corrected chi connectivity index (χ3v) is 7.80. The number of nitrogens with zero attached hydrogens (tertiary/aromatic N) is 4. The number of likely N-dealkylation sites (tertiary alicyclic amines) is 1. The smallest absolute Gasteiger partial charge is 0.274 e. The highest BCUT2D eigenvalue weighted by Crippen LogP contribution is 2.44. The van der Waals surface area contributed by atoms with Gasteiger partial charge < -0.3 is 14.4 Å². The molecule has 0 bridgehead atoms. The maximum atomic E-state index is 14.3. The molecule has 0 atom stereocenters. The van der Waals surface area contributed by atoms with E-state index in [2.05, 4.69) is 30.2 Å². The Morgan fingerprint density at radius 1 is 1.29 bits per heavy atom. The molecule has 0 spiro atoms. The standard InChI is InChI=1S/C26H29FN4O3S/c1-4-21-24-22(16-35-25(21)17(2)27)23(26(32)30-9-11-34-12-10-30)28-31(24)19-7-5-18(6-8-19)13-29-14-20(15-29)33-3/h4-8,20H,1-2,9-16H2,3H3. The zero-order chi connectivity index (χ0) is 24.5. The van der Waals surface area contributed by atoms with Crippen molar-refractivity contribution in [2.45, 2.75) is 18.4 Å². The van der Waals surface area contributed by atoms with Crippen molar-refractivity contribution in [2.75, 3.05) is 46.5 Å². The number of benzene rings is 1. The second-order valence-corrected chi connectivity index (χ2v) is 9.84. The molecule has 0 N–H and O–H groups in total. The van der Waals surface area contributed by atoms with Crippen LogP contribution in [-0.4, -0.2) is 78.1 Å². The highest BCUT2D eigenvalue weighted by molar-refractivity contribution is 8.02. The van der Waals surface area contributed by atoms with Crippen LogP contribution in [-0.2, 0) is 21.8 Å². The zero-order valence-electron chi connectivity index (χ0n) is 19.8. The normalized spacial score (nSPS) is 18.9.